The van der Waals surface area contributed by atoms with Gasteiger partial charge in [-0.25, -0.2) is 14.6 Å². The number of anilines is 1. The SMILES string of the molecule is Nc1ncnc2c1nnn2[C@@H]1C[C@H](NO)[C@@H](O)[C@H]1O. The fourth-order valence-corrected chi connectivity index (χ4v) is 2.38. The Morgan fingerprint density at radius 3 is 2.79 bits per heavy atom. The quantitative estimate of drug-likeness (QED) is 0.382. The van der Waals surface area contributed by atoms with E-state index in [0.717, 1.165) is 0 Å². The lowest BCUT2D eigenvalue weighted by Gasteiger charge is -2.16. The van der Waals surface area contributed by atoms with Gasteiger partial charge in [0.15, 0.2) is 17.0 Å². The third-order valence-corrected chi connectivity index (χ3v) is 3.42. The van der Waals surface area contributed by atoms with Gasteiger partial charge >= 0.3 is 0 Å². The van der Waals surface area contributed by atoms with E-state index >= 15 is 0 Å². The minimum absolute atomic E-state index is 0.195. The van der Waals surface area contributed by atoms with Gasteiger partial charge in [-0.3, -0.25) is 0 Å². The van der Waals surface area contributed by atoms with Crippen molar-refractivity contribution in [2.75, 3.05) is 5.73 Å². The summed E-state index contributed by atoms with van der Waals surface area (Å²) < 4.78 is 1.39. The van der Waals surface area contributed by atoms with Crippen molar-refractivity contribution in [2.24, 2.45) is 0 Å². The van der Waals surface area contributed by atoms with E-state index in [4.69, 9.17) is 10.9 Å². The summed E-state index contributed by atoms with van der Waals surface area (Å²) in [6, 6.07) is -1.20. The number of nitrogen functional groups attached to an aromatic ring is 1. The van der Waals surface area contributed by atoms with E-state index in [1.807, 2.05) is 5.48 Å². The van der Waals surface area contributed by atoms with Gasteiger partial charge in [0, 0.05) is 0 Å². The van der Waals surface area contributed by atoms with Crippen molar-refractivity contribution in [3.63, 3.8) is 0 Å². The number of hydrogen-bond donors (Lipinski definition) is 5. The molecule has 1 saturated carbocycles. The highest BCUT2D eigenvalue weighted by Gasteiger charge is 2.43. The molecule has 2 aromatic heterocycles. The zero-order chi connectivity index (χ0) is 13.6. The van der Waals surface area contributed by atoms with E-state index in [1.54, 1.807) is 0 Å². The Labute approximate surface area is 106 Å². The van der Waals surface area contributed by atoms with Crippen LogP contribution in [0.2, 0.25) is 0 Å². The number of hydroxylamine groups is 1. The first-order valence-electron chi connectivity index (χ1n) is 5.70. The maximum absolute atomic E-state index is 10.00. The molecule has 0 radical (unpaired) electrons. The second kappa shape index (κ2) is 4.35. The van der Waals surface area contributed by atoms with Crippen LogP contribution < -0.4 is 11.2 Å². The number of aliphatic hydroxyl groups excluding tert-OH is 2. The Hall–Kier alpha value is -1.88. The Kier molecular flexibility index (Phi) is 2.78. The van der Waals surface area contributed by atoms with Crippen molar-refractivity contribution >= 4 is 17.0 Å². The summed E-state index contributed by atoms with van der Waals surface area (Å²) in [7, 11) is 0. The van der Waals surface area contributed by atoms with Gasteiger partial charge in [0.2, 0.25) is 0 Å². The molecule has 0 bridgehead atoms. The fraction of sp³-hybridized carbons (Fsp3) is 0.556. The van der Waals surface area contributed by atoms with E-state index in [0.29, 0.717) is 11.2 Å². The molecule has 1 fully saturated rings. The van der Waals surface area contributed by atoms with Crippen LogP contribution in [-0.4, -0.2) is 58.6 Å². The van der Waals surface area contributed by atoms with Gasteiger partial charge in [0.05, 0.1) is 18.2 Å². The summed E-state index contributed by atoms with van der Waals surface area (Å²) >= 11 is 0. The number of aromatic nitrogens is 5. The first-order valence-corrected chi connectivity index (χ1v) is 5.70. The highest BCUT2D eigenvalue weighted by molar-refractivity contribution is 5.80. The molecule has 10 nitrogen and oxygen atoms in total. The normalized spacial score (nSPS) is 31.1. The number of fused-ring (bicyclic) bond motifs is 1. The molecule has 19 heavy (non-hydrogen) atoms. The minimum Gasteiger partial charge on any atom is -0.389 e. The zero-order valence-corrected chi connectivity index (χ0v) is 9.75. The monoisotopic (exact) mass is 267 g/mol. The van der Waals surface area contributed by atoms with Crippen LogP contribution in [0, 0.1) is 0 Å². The van der Waals surface area contributed by atoms with E-state index in [2.05, 4.69) is 20.3 Å². The highest BCUT2D eigenvalue weighted by Crippen LogP contribution is 2.32. The fourth-order valence-electron chi connectivity index (χ4n) is 2.38. The number of hydrogen-bond acceptors (Lipinski definition) is 9. The van der Waals surface area contributed by atoms with Gasteiger partial charge < -0.3 is 21.2 Å². The molecule has 2 heterocycles. The van der Waals surface area contributed by atoms with Gasteiger partial charge in [0.25, 0.3) is 0 Å². The molecule has 0 aromatic carbocycles. The maximum Gasteiger partial charge on any atom is 0.184 e. The summed E-state index contributed by atoms with van der Waals surface area (Å²) in [6.45, 7) is 0. The molecule has 0 saturated heterocycles. The number of nitrogens with zero attached hydrogens (tertiary/aromatic N) is 5. The summed E-state index contributed by atoms with van der Waals surface area (Å²) in [5.41, 5.74) is 8.33. The predicted octanol–water partition coefficient (Wildman–Crippen LogP) is -2.18. The molecule has 2 aromatic rings. The van der Waals surface area contributed by atoms with E-state index < -0.39 is 24.3 Å². The van der Waals surface area contributed by atoms with Crippen LogP contribution in [-0.2, 0) is 0 Å². The molecule has 0 unspecified atom stereocenters. The molecule has 102 valence electrons. The predicted molar refractivity (Wildman–Crippen MR) is 61.9 cm³/mol. The molecule has 0 aliphatic heterocycles. The van der Waals surface area contributed by atoms with E-state index in [9.17, 15) is 10.2 Å². The van der Waals surface area contributed by atoms with Gasteiger partial charge in [-0.2, -0.15) is 5.48 Å². The molecule has 1 aliphatic rings. The Bertz CT molecular complexity index is 603. The minimum atomic E-state index is -1.10. The van der Waals surface area contributed by atoms with E-state index in [1.165, 1.54) is 11.0 Å². The maximum atomic E-state index is 10.00. The topological polar surface area (TPSA) is 155 Å². The van der Waals surface area contributed by atoms with Crippen molar-refractivity contribution in [3.8, 4) is 0 Å². The van der Waals surface area contributed by atoms with Gasteiger partial charge in [-0.1, -0.05) is 5.21 Å². The number of nitrogens with two attached hydrogens (primary N) is 1. The second-order valence-electron chi connectivity index (χ2n) is 4.48. The molecule has 4 atom stereocenters. The molecule has 0 spiro atoms. The molecular formula is C9H13N7O3. The van der Waals surface area contributed by atoms with Gasteiger partial charge in [-0.05, 0) is 6.42 Å². The lowest BCUT2D eigenvalue weighted by Crippen LogP contribution is -2.38. The summed E-state index contributed by atoms with van der Waals surface area (Å²) in [6.07, 6.45) is -0.641. The van der Waals surface area contributed by atoms with Crippen molar-refractivity contribution in [3.05, 3.63) is 6.33 Å². The molecular weight excluding hydrogens is 254 g/mol. The zero-order valence-electron chi connectivity index (χ0n) is 9.75. The van der Waals surface area contributed by atoms with Gasteiger partial charge in [-0.15, -0.1) is 5.10 Å². The Balaban J connectivity index is 2.04. The van der Waals surface area contributed by atoms with Crippen molar-refractivity contribution in [1.82, 2.24) is 30.4 Å². The summed E-state index contributed by atoms with van der Waals surface area (Å²) in [4.78, 5) is 7.83. The van der Waals surface area contributed by atoms with Crippen LogP contribution in [0.5, 0.6) is 0 Å². The molecule has 10 heteroatoms. The molecule has 0 amide bonds. The first kappa shape index (κ1) is 12.2. The molecule has 1 aliphatic carbocycles. The average molecular weight is 267 g/mol. The van der Waals surface area contributed by atoms with Crippen LogP contribution in [0.4, 0.5) is 5.82 Å². The summed E-state index contributed by atoms with van der Waals surface area (Å²) in [5, 5.41) is 36.4. The van der Waals surface area contributed by atoms with Crippen molar-refractivity contribution < 1.29 is 15.4 Å². The Morgan fingerprint density at radius 1 is 1.32 bits per heavy atom. The van der Waals surface area contributed by atoms with Gasteiger partial charge in [0.1, 0.15) is 12.4 Å². The van der Waals surface area contributed by atoms with E-state index in [-0.39, 0.29) is 12.2 Å². The van der Waals surface area contributed by atoms with Crippen LogP contribution in [0.25, 0.3) is 11.2 Å². The lowest BCUT2D eigenvalue weighted by atomic mass is 10.2. The first-order chi connectivity index (χ1) is 9.13. The smallest absolute Gasteiger partial charge is 0.184 e. The highest BCUT2D eigenvalue weighted by atomic mass is 16.5. The number of nitrogens with one attached hydrogen (secondary N) is 1. The standard InChI is InChI=1S/C9H13N7O3/c10-8-5-9(12-2-11-8)16(15-13-5)4-1-3(14-19)6(17)7(4)18/h2-4,6-7,14,17-19H,1H2,(H2,10,11,12)/t3-,4+,6+,7-/m0/s1. The Morgan fingerprint density at radius 2 is 2.11 bits per heavy atom. The number of rotatable bonds is 2. The summed E-state index contributed by atoms with van der Waals surface area (Å²) in [5.74, 6) is 0.195. The average Bonchev–Trinajstić information content (AvgIpc) is 2.94. The van der Waals surface area contributed by atoms with Crippen LogP contribution >= 0.6 is 0 Å². The number of aliphatic hydroxyl groups is 2. The van der Waals surface area contributed by atoms with Crippen LogP contribution in [0.1, 0.15) is 12.5 Å². The molecule has 3 rings (SSSR count). The third-order valence-electron chi connectivity index (χ3n) is 3.42. The lowest BCUT2D eigenvalue weighted by molar-refractivity contribution is -0.0103. The van der Waals surface area contributed by atoms with Crippen molar-refractivity contribution in [1.29, 1.82) is 0 Å². The van der Waals surface area contributed by atoms with Crippen LogP contribution in [0.15, 0.2) is 6.33 Å². The second-order valence-corrected chi connectivity index (χ2v) is 4.48. The molecule has 6 N–H and O–H groups in total. The largest absolute Gasteiger partial charge is 0.389 e. The third kappa shape index (κ3) is 1.73. The van der Waals surface area contributed by atoms with Crippen LogP contribution in [0.3, 0.4) is 0 Å². The van der Waals surface area contributed by atoms with Crippen molar-refractivity contribution in [2.45, 2.75) is 30.7 Å².